The summed E-state index contributed by atoms with van der Waals surface area (Å²) in [5.74, 6) is 0. The zero-order valence-electron chi connectivity index (χ0n) is 12.7. The van der Waals surface area contributed by atoms with E-state index in [2.05, 4.69) is 10.3 Å². The molecule has 2 N–H and O–H groups in total. The number of nitrogens with one attached hydrogen (secondary N) is 2. The summed E-state index contributed by atoms with van der Waals surface area (Å²) in [6.45, 7) is 6.95. The van der Waals surface area contributed by atoms with Gasteiger partial charge < -0.3 is 19.8 Å². The zero-order chi connectivity index (χ0) is 15.7. The van der Waals surface area contributed by atoms with Gasteiger partial charge >= 0.3 is 6.09 Å². The minimum Gasteiger partial charge on any atom is -0.444 e. The van der Waals surface area contributed by atoms with E-state index in [1.165, 1.54) is 0 Å². The monoisotopic (exact) mass is 288 g/mol. The van der Waals surface area contributed by atoms with Crippen LogP contribution in [0.2, 0.25) is 0 Å². The smallest absolute Gasteiger partial charge is 0.408 e. The number of benzene rings is 1. The predicted octanol–water partition coefficient (Wildman–Crippen LogP) is 3.11. The molecule has 5 heteroatoms. The molecule has 0 aliphatic rings. The maximum atomic E-state index is 11.9. The van der Waals surface area contributed by atoms with E-state index < -0.39 is 17.2 Å². The van der Waals surface area contributed by atoms with Crippen molar-refractivity contribution in [1.29, 1.82) is 0 Å². The van der Waals surface area contributed by atoms with Crippen LogP contribution in [-0.2, 0) is 15.1 Å². The van der Waals surface area contributed by atoms with Gasteiger partial charge in [-0.1, -0.05) is 18.2 Å². The number of fused-ring (bicyclic) bond motifs is 1. The van der Waals surface area contributed by atoms with Gasteiger partial charge in [-0.25, -0.2) is 4.79 Å². The number of amides is 1. The number of carbonyl (C=O) groups excluding carboxylic acids is 2. The predicted molar refractivity (Wildman–Crippen MR) is 81.1 cm³/mol. The average Bonchev–Trinajstić information content (AvgIpc) is 2.80. The number of carbonyl (C=O) groups is 2. The number of aromatic amines is 1. The lowest BCUT2D eigenvalue weighted by atomic mass is 10.0. The lowest BCUT2D eigenvalue weighted by molar-refractivity contribution is -0.113. The first kappa shape index (κ1) is 15.1. The van der Waals surface area contributed by atoms with Crippen LogP contribution in [0, 0.1) is 0 Å². The topological polar surface area (TPSA) is 71.2 Å². The normalized spacial score (nSPS) is 14.5. The molecule has 1 amide bonds. The van der Waals surface area contributed by atoms with Crippen molar-refractivity contribution in [2.75, 3.05) is 0 Å². The summed E-state index contributed by atoms with van der Waals surface area (Å²) in [7, 11) is 0. The Hall–Kier alpha value is -2.30. The fourth-order valence-electron chi connectivity index (χ4n) is 2.03. The Morgan fingerprint density at radius 2 is 1.90 bits per heavy atom. The van der Waals surface area contributed by atoms with Crippen molar-refractivity contribution >= 4 is 23.3 Å². The van der Waals surface area contributed by atoms with Crippen LogP contribution in [0.4, 0.5) is 4.79 Å². The third-order valence-corrected chi connectivity index (χ3v) is 3.09. The molecule has 0 bridgehead atoms. The molecule has 0 fully saturated rings. The number of aldehydes is 1. The molecule has 1 unspecified atom stereocenters. The van der Waals surface area contributed by atoms with E-state index in [1.807, 2.05) is 30.3 Å². The van der Waals surface area contributed by atoms with Crippen LogP contribution in [0.3, 0.4) is 0 Å². The molecule has 1 heterocycles. The second-order valence-electron chi connectivity index (χ2n) is 6.22. The second-order valence-corrected chi connectivity index (χ2v) is 6.22. The van der Waals surface area contributed by atoms with E-state index in [4.69, 9.17) is 4.74 Å². The minimum atomic E-state index is -1.17. The first-order valence-corrected chi connectivity index (χ1v) is 6.79. The maximum Gasteiger partial charge on any atom is 0.408 e. The van der Waals surface area contributed by atoms with Crippen LogP contribution >= 0.6 is 0 Å². The van der Waals surface area contributed by atoms with Gasteiger partial charge in [0.2, 0.25) is 0 Å². The van der Waals surface area contributed by atoms with E-state index in [0.29, 0.717) is 12.0 Å². The van der Waals surface area contributed by atoms with Crippen LogP contribution < -0.4 is 5.32 Å². The van der Waals surface area contributed by atoms with E-state index in [0.717, 1.165) is 10.9 Å². The van der Waals surface area contributed by atoms with E-state index >= 15 is 0 Å². The van der Waals surface area contributed by atoms with Crippen molar-refractivity contribution in [3.8, 4) is 0 Å². The summed E-state index contributed by atoms with van der Waals surface area (Å²) in [4.78, 5) is 26.6. The number of para-hydroxylation sites is 1. The summed E-state index contributed by atoms with van der Waals surface area (Å²) in [6.07, 6.45) is 0.0671. The van der Waals surface area contributed by atoms with Crippen LogP contribution in [0.1, 0.15) is 33.4 Å². The summed E-state index contributed by atoms with van der Waals surface area (Å²) in [6, 6.07) is 9.52. The molecule has 1 aromatic heterocycles. The van der Waals surface area contributed by atoms with Crippen molar-refractivity contribution in [2.45, 2.75) is 38.8 Å². The second kappa shape index (κ2) is 5.24. The summed E-state index contributed by atoms with van der Waals surface area (Å²) in [5, 5.41) is 3.59. The lowest BCUT2D eigenvalue weighted by Crippen LogP contribution is -2.47. The molecule has 2 rings (SSSR count). The SMILES string of the molecule is CC(C)(C)OC(=O)NC(C)(C=O)c1cc2ccccc2[nH]1. The number of hydrogen-bond donors (Lipinski definition) is 2. The Morgan fingerprint density at radius 1 is 1.24 bits per heavy atom. The molecular weight excluding hydrogens is 268 g/mol. The van der Waals surface area contributed by atoms with Gasteiger partial charge in [0.1, 0.15) is 11.1 Å². The third-order valence-electron chi connectivity index (χ3n) is 3.09. The maximum absolute atomic E-state index is 11.9. The molecular formula is C16H20N2O3. The van der Waals surface area contributed by atoms with Crippen LogP contribution in [0.15, 0.2) is 30.3 Å². The zero-order valence-corrected chi connectivity index (χ0v) is 12.7. The number of aromatic nitrogens is 1. The molecule has 0 saturated carbocycles. The first-order valence-electron chi connectivity index (χ1n) is 6.79. The van der Waals surface area contributed by atoms with Gasteiger partial charge in [-0.15, -0.1) is 0 Å². The van der Waals surface area contributed by atoms with Gasteiger partial charge in [0, 0.05) is 11.2 Å². The van der Waals surface area contributed by atoms with Crippen molar-refractivity contribution < 1.29 is 14.3 Å². The first-order chi connectivity index (χ1) is 9.73. The van der Waals surface area contributed by atoms with Crippen LogP contribution in [-0.4, -0.2) is 23.0 Å². The number of alkyl carbamates (subject to hydrolysis) is 1. The van der Waals surface area contributed by atoms with Gasteiger partial charge in [0.15, 0.2) is 6.29 Å². The molecule has 0 saturated heterocycles. The largest absolute Gasteiger partial charge is 0.444 e. The number of H-pyrrole nitrogens is 1. The third kappa shape index (κ3) is 3.42. The Kier molecular flexibility index (Phi) is 3.77. The standard InChI is InChI=1S/C16H20N2O3/c1-15(2,3)21-14(20)18-16(4,10-19)13-9-11-7-5-6-8-12(11)17-13/h5-10,17H,1-4H3,(H,18,20). The highest BCUT2D eigenvalue weighted by atomic mass is 16.6. The number of ether oxygens (including phenoxy) is 1. The van der Waals surface area contributed by atoms with E-state index in [1.54, 1.807) is 27.7 Å². The Balaban J connectivity index is 2.28. The van der Waals surface area contributed by atoms with Crippen molar-refractivity contribution in [1.82, 2.24) is 10.3 Å². The highest BCUT2D eigenvalue weighted by Gasteiger charge is 2.32. The quantitative estimate of drug-likeness (QED) is 0.852. The van der Waals surface area contributed by atoms with E-state index in [9.17, 15) is 9.59 Å². The highest BCUT2D eigenvalue weighted by Crippen LogP contribution is 2.23. The van der Waals surface area contributed by atoms with Crippen molar-refractivity contribution in [3.05, 3.63) is 36.0 Å². The van der Waals surface area contributed by atoms with Gasteiger partial charge in [0.05, 0.1) is 0 Å². The minimum absolute atomic E-state index is 0.615. The number of rotatable bonds is 3. The van der Waals surface area contributed by atoms with E-state index in [-0.39, 0.29) is 0 Å². The number of hydrogen-bond acceptors (Lipinski definition) is 3. The summed E-state index contributed by atoms with van der Waals surface area (Å²) in [5.41, 5.74) is -0.258. The van der Waals surface area contributed by atoms with Crippen molar-refractivity contribution in [2.24, 2.45) is 0 Å². The fraction of sp³-hybridized carbons (Fsp3) is 0.375. The Bertz CT molecular complexity index is 636. The van der Waals surface area contributed by atoms with Crippen LogP contribution in [0.25, 0.3) is 10.9 Å². The molecule has 0 radical (unpaired) electrons. The molecule has 1 aromatic carbocycles. The van der Waals surface area contributed by atoms with Gasteiger partial charge in [-0.3, -0.25) is 0 Å². The summed E-state index contributed by atoms with van der Waals surface area (Å²) >= 11 is 0. The fourth-order valence-corrected chi connectivity index (χ4v) is 2.03. The lowest BCUT2D eigenvalue weighted by Gasteiger charge is -2.26. The molecule has 2 aromatic rings. The van der Waals surface area contributed by atoms with Crippen LogP contribution in [0.5, 0.6) is 0 Å². The van der Waals surface area contributed by atoms with Gasteiger partial charge in [-0.2, -0.15) is 0 Å². The Labute approximate surface area is 123 Å². The molecule has 0 spiro atoms. The van der Waals surface area contributed by atoms with Crippen molar-refractivity contribution in [3.63, 3.8) is 0 Å². The molecule has 5 nitrogen and oxygen atoms in total. The average molecular weight is 288 g/mol. The van der Waals surface area contributed by atoms with Gasteiger partial charge in [0.25, 0.3) is 0 Å². The Morgan fingerprint density at radius 3 is 2.48 bits per heavy atom. The highest BCUT2D eigenvalue weighted by molar-refractivity contribution is 5.84. The molecule has 112 valence electrons. The molecule has 21 heavy (non-hydrogen) atoms. The molecule has 0 aliphatic carbocycles. The molecule has 1 atom stereocenters. The molecule has 0 aliphatic heterocycles. The van der Waals surface area contributed by atoms with Gasteiger partial charge in [-0.05, 0) is 45.2 Å². The summed E-state index contributed by atoms with van der Waals surface area (Å²) < 4.78 is 5.21.